The van der Waals surface area contributed by atoms with Crippen molar-refractivity contribution >= 4 is 0 Å². The molecule has 18 heavy (non-hydrogen) atoms. The van der Waals surface area contributed by atoms with Gasteiger partial charge in [-0.05, 0) is 17.7 Å². The van der Waals surface area contributed by atoms with Crippen molar-refractivity contribution in [1.82, 2.24) is 9.80 Å². The average Bonchev–Trinajstić information content (AvgIpc) is 2.42. The third kappa shape index (κ3) is 3.54. The quantitative estimate of drug-likeness (QED) is 0.844. The Morgan fingerprint density at radius 1 is 1.06 bits per heavy atom. The van der Waals surface area contributed by atoms with Gasteiger partial charge in [0.25, 0.3) is 0 Å². The second-order valence-corrected chi connectivity index (χ2v) is 4.72. The second kappa shape index (κ2) is 6.50. The zero-order chi connectivity index (χ0) is 12.8. The summed E-state index contributed by atoms with van der Waals surface area (Å²) in [5, 5.41) is 8.75. The molecule has 0 radical (unpaired) electrons. The molecule has 96 valence electrons. The summed E-state index contributed by atoms with van der Waals surface area (Å²) in [6.07, 6.45) is 0. The zero-order valence-corrected chi connectivity index (χ0v) is 10.7. The lowest BCUT2D eigenvalue weighted by molar-refractivity contribution is 0.130. The molecule has 0 amide bonds. The molecule has 0 unspecified atom stereocenters. The largest absolute Gasteiger partial charge is 0.329 e. The molecule has 0 spiro atoms. The summed E-state index contributed by atoms with van der Waals surface area (Å²) >= 11 is 0. The molecule has 0 aromatic heterocycles. The molecule has 4 heteroatoms. The van der Waals surface area contributed by atoms with Gasteiger partial charge in [0, 0.05) is 45.8 Å². The van der Waals surface area contributed by atoms with Crippen LogP contribution in [0.2, 0.25) is 0 Å². The number of nitriles is 1. The maximum absolute atomic E-state index is 8.75. The van der Waals surface area contributed by atoms with Crippen LogP contribution in [0.5, 0.6) is 0 Å². The maximum atomic E-state index is 8.75. The SMILES string of the molecule is N#Cc1ccc(CN2CCN(CCN)CC2)cc1. The molecular formula is C14H20N4. The van der Waals surface area contributed by atoms with Crippen molar-refractivity contribution < 1.29 is 0 Å². The van der Waals surface area contributed by atoms with Crippen LogP contribution >= 0.6 is 0 Å². The molecule has 4 nitrogen and oxygen atoms in total. The summed E-state index contributed by atoms with van der Waals surface area (Å²) in [6, 6.07) is 10.0. The maximum Gasteiger partial charge on any atom is 0.0991 e. The Balaban J connectivity index is 1.82. The smallest absolute Gasteiger partial charge is 0.0991 e. The summed E-state index contributed by atoms with van der Waals surface area (Å²) in [6.45, 7) is 7.13. The molecule has 1 fully saturated rings. The highest BCUT2D eigenvalue weighted by atomic mass is 15.3. The van der Waals surface area contributed by atoms with E-state index in [2.05, 4.69) is 15.9 Å². The van der Waals surface area contributed by atoms with Crippen LogP contribution in [0.1, 0.15) is 11.1 Å². The van der Waals surface area contributed by atoms with Gasteiger partial charge in [-0.3, -0.25) is 9.80 Å². The van der Waals surface area contributed by atoms with E-state index in [1.807, 2.05) is 24.3 Å². The lowest BCUT2D eigenvalue weighted by atomic mass is 10.1. The first kappa shape index (κ1) is 13.0. The van der Waals surface area contributed by atoms with Crippen molar-refractivity contribution in [2.75, 3.05) is 39.3 Å². The van der Waals surface area contributed by atoms with Gasteiger partial charge >= 0.3 is 0 Å². The van der Waals surface area contributed by atoms with Gasteiger partial charge in [0.15, 0.2) is 0 Å². The van der Waals surface area contributed by atoms with Crippen LogP contribution in [0.25, 0.3) is 0 Å². The van der Waals surface area contributed by atoms with E-state index >= 15 is 0 Å². The molecule has 1 saturated heterocycles. The highest BCUT2D eigenvalue weighted by Crippen LogP contribution is 2.09. The molecule has 2 N–H and O–H groups in total. The van der Waals surface area contributed by atoms with Gasteiger partial charge in [0.05, 0.1) is 11.6 Å². The Morgan fingerprint density at radius 3 is 2.22 bits per heavy atom. The van der Waals surface area contributed by atoms with Gasteiger partial charge in [-0.25, -0.2) is 0 Å². The lowest BCUT2D eigenvalue weighted by Gasteiger charge is -2.34. The first-order valence-corrected chi connectivity index (χ1v) is 6.45. The Morgan fingerprint density at radius 2 is 1.67 bits per heavy atom. The van der Waals surface area contributed by atoms with Crippen LogP contribution in [0.3, 0.4) is 0 Å². The number of piperazine rings is 1. The van der Waals surface area contributed by atoms with Crippen molar-refractivity contribution in [1.29, 1.82) is 5.26 Å². The molecule has 0 saturated carbocycles. The normalized spacial score (nSPS) is 17.6. The van der Waals surface area contributed by atoms with E-state index in [0.717, 1.165) is 51.4 Å². The lowest BCUT2D eigenvalue weighted by Crippen LogP contribution is -2.47. The van der Waals surface area contributed by atoms with E-state index in [9.17, 15) is 0 Å². The van der Waals surface area contributed by atoms with Crippen molar-refractivity contribution in [3.05, 3.63) is 35.4 Å². The van der Waals surface area contributed by atoms with Crippen LogP contribution in [0, 0.1) is 11.3 Å². The predicted octanol–water partition coefficient (Wildman–Crippen LogP) is 0.635. The minimum atomic E-state index is 0.728. The van der Waals surface area contributed by atoms with Crippen molar-refractivity contribution in [3.8, 4) is 6.07 Å². The van der Waals surface area contributed by atoms with Gasteiger partial charge in [0.2, 0.25) is 0 Å². The molecule has 0 atom stereocenters. The highest BCUT2D eigenvalue weighted by Gasteiger charge is 2.15. The molecule has 0 aliphatic carbocycles. The third-order valence-corrected chi connectivity index (χ3v) is 3.40. The number of nitrogens with two attached hydrogens (primary N) is 1. The summed E-state index contributed by atoms with van der Waals surface area (Å²) < 4.78 is 0. The van der Waals surface area contributed by atoms with Crippen LogP contribution < -0.4 is 5.73 Å². The average molecular weight is 244 g/mol. The third-order valence-electron chi connectivity index (χ3n) is 3.40. The fraction of sp³-hybridized carbons (Fsp3) is 0.500. The van der Waals surface area contributed by atoms with Gasteiger partial charge in [-0.2, -0.15) is 5.26 Å². The molecular weight excluding hydrogens is 224 g/mol. The van der Waals surface area contributed by atoms with Gasteiger partial charge in [0.1, 0.15) is 0 Å². The molecule has 1 aliphatic heterocycles. The number of rotatable bonds is 4. The fourth-order valence-electron chi connectivity index (χ4n) is 2.30. The molecule has 1 aromatic carbocycles. The van der Waals surface area contributed by atoms with Crippen molar-refractivity contribution in [2.24, 2.45) is 5.73 Å². The van der Waals surface area contributed by atoms with Crippen LogP contribution in [0.4, 0.5) is 0 Å². The molecule has 1 heterocycles. The van der Waals surface area contributed by atoms with E-state index in [4.69, 9.17) is 11.0 Å². The van der Waals surface area contributed by atoms with Gasteiger partial charge in [-0.1, -0.05) is 12.1 Å². The Labute approximate surface area is 109 Å². The number of nitrogens with zero attached hydrogens (tertiary/aromatic N) is 3. The number of hydrogen-bond donors (Lipinski definition) is 1. The standard InChI is InChI=1S/C14H20N4/c15-5-6-17-7-9-18(10-8-17)12-14-3-1-13(11-16)2-4-14/h1-4H,5-10,12,15H2. The summed E-state index contributed by atoms with van der Waals surface area (Å²) in [5.41, 5.74) is 7.57. The summed E-state index contributed by atoms with van der Waals surface area (Å²) in [4.78, 5) is 4.86. The van der Waals surface area contributed by atoms with E-state index in [1.54, 1.807) is 0 Å². The van der Waals surface area contributed by atoms with Crippen LogP contribution in [-0.4, -0.2) is 49.1 Å². The Hall–Kier alpha value is -1.41. The summed E-state index contributed by atoms with van der Waals surface area (Å²) in [5.74, 6) is 0. The van der Waals surface area contributed by atoms with E-state index < -0.39 is 0 Å². The predicted molar refractivity (Wildman–Crippen MR) is 71.9 cm³/mol. The van der Waals surface area contributed by atoms with E-state index in [0.29, 0.717) is 0 Å². The molecule has 2 rings (SSSR count). The molecule has 1 aliphatic rings. The first-order chi connectivity index (χ1) is 8.81. The topological polar surface area (TPSA) is 56.3 Å². The van der Waals surface area contributed by atoms with Crippen molar-refractivity contribution in [3.63, 3.8) is 0 Å². The van der Waals surface area contributed by atoms with Crippen LogP contribution in [-0.2, 0) is 6.54 Å². The van der Waals surface area contributed by atoms with Crippen LogP contribution in [0.15, 0.2) is 24.3 Å². The van der Waals surface area contributed by atoms with Gasteiger partial charge < -0.3 is 5.73 Å². The first-order valence-electron chi connectivity index (χ1n) is 6.45. The van der Waals surface area contributed by atoms with E-state index in [-0.39, 0.29) is 0 Å². The Kier molecular flexibility index (Phi) is 4.71. The second-order valence-electron chi connectivity index (χ2n) is 4.72. The molecule has 0 bridgehead atoms. The Bertz CT molecular complexity index is 399. The summed E-state index contributed by atoms with van der Waals surface area (Å²) in [7, 11) is 0. The number of hydrogen-bond acceptors (Lipinski definition) is 4. The monoisotopic (exact) mass is 244 g/mol. The highest BCUT2D eigenvalue weighted by molar-refractivity contribution is 5.31. The van der Waals surface area contributed by atoms with E-state index in [1.165, 1.54) is 5.56 Å². The minimum Gasteiger partial charge on any atom is -0.329 e. The zero-order valence-electron chi connectivity index (χ0n) is 10.7. The number of benzene rings is 1. The van der Waals surface area contributed by atoms with Gasteiger partial charge in [-0.15, -0.1) is 0 Å². The molecule has 1 aromatic rings. The minimum absolute atomic E-state index is 0.728. The van der Waals surface area contributed by atoms with Crippen molar-refractivity contribution in [2.45, 2.75) is 6.54 Å². The fourth-order valence-corrected chi connectivity index (χ4v) is 2.30.